The maximum absolute atomic E-state index is 10.6. The van der Waals surface area contributed by atoms with Crippen LogP contribution in [0.4, 0.5) is 0 Å². The smallest absolute Gasteiger partial charge is 0.219 e. The molecule has 0 aromatic heterocycles. The Balaban J connectivity index is 1.90. The van der Waals surface area contributed by atoms with Gasteiger partial charge in [-0.05, 0) is 0 Å². The molecule has 0 radical (unpaired) electrons. The van der Waals surface area contributed by atoms with Crippen molar-refractivity contribution < 1.29 is 9.53 Å². The van der Waals surface area contributed by atoms with Crippen molar-refractivity contribution in [2.45, 2.75) is 12.5 Å². The van der Waals surface area contributed by atoms with Gasteiger partial charge in [0, 0.05) is 6.92 Å². The van der Waals surface area contributed by atoms with Crippen molar-refractivity contribution >= 4 is 5.91 Å². The lowest BCUT2D eigenvalue weighted by atomic mass is 10.0. The van der Waals surface area contributed by atoms with Gasteiger partial charge in [0.2, 0.25) is 5.91 Å². The van der Waals surface area contributed by atoms with E-state index in [-0.39, 0.29) is 11.5 Å². The van der Waals surface area contributed by atoms with Crippen LogP contribution in [-0.4, -0.2) is 36.1 Å². The Morgan fingerprint density at radius 3 is 2.56 bits per heavy atom. The molecule has 2 saturated heterocycles. The zero-order valence-electron chi connectivity index (χ0n) is 5.39. The van der Waals surface area contributed by atoms with Gasteiger partial charge in [0.1, 0.15) is 5.60 Å². The van der Waals surface area contributed by atoms with Gasteiger partial charge in [-0.1, -0.05) is 0 Å². The van der Waals surface area contributed by atoms with E-state index in [1.165, 1.54) is 0 Å². The summed E-state index contributed by atoms with van der Waals surface area (Å²) in [5.41, 5.74) is 0.131. The minimum absolute atomic E-state index is 0.131. The quantitative estimate of drug-likeness (QED) is 0.415. The zero-order chi connectivity index (χ0) is 6.48. The molecule has 3 nitrogen and oxygen atoms in total. The van der Waals surface area contributed by atoms with E-state index in [2.05, 4.69) is 0 Å². The van der Waals surface area contributed by atoms with Crippen LogP contribution in [0.15, 0.2) is 0 Å². The third-order valence-corrected chi connectivity index (χ3v) is 1.96. The molecule has 0 unspecified atom stereocenters. The molecule has 2 fully saturated rings. The van der Waals surface area contributed by atoms with Crippen LogP contribution in [0.1, 0.15) is 6.92 Å². The van der Waals surface area contributed by atoms with E-state index in [1.54, 1.807) is 11.8 Å². The summed E-state index contributed by atoms with van der Waals surface area (Å²) in [7, 11) is 0. The minimum atomic E-state index is 0.131. The molecule has 9 heavy (non-hydrogen) atoms. The summed E-state index contributed by atoms with van der Waals surface area (Å²) in [4.78, 5) is 12.4. The number of rotatable bonds is 0. The molecule has 0 N–H and O–H groups in total. The average Bonchev–Trinajstić information content (AvgIpc) is 2.35. The van der Waals surface area contributed by atoms with Crippen LogP contribution >= 0.6 is 0 Å². The number of amides is 1. The molecule has 1 amide bonds. The molecule has 0 saturated carbocycles. The van der Waals surface area contributed by atoms with Crippen molar-refractivity contribution in [3.8, 4) is 0 Å². The highest BCUT2D eigenvalue weighted by Gasteiger charge is 2.55. The highest BCUT2D eigenvalue weighted by atomic mass is 16.6. The van der Waals surface area contributed by atoms with Gasteiger partial charge < -0.3 is 9.64 Å². The Hall–Kier alpha value is -0.570. The first kappa shape index (κ1) is 5.23. The number of hydrogen-bond donors (Lipinski definition) is 0. The second-order valence-corrected chi connectivity index (χ2v) is 2.85. The van der Waals surface area contributed by atoms with Gasteiger partial charge in [-0.15, -0.1) is 0 Å². The molecule has 2 heterocycles. The second-order valence-electron chi connectivity index (χ2n) is 2.85. The zero-order valence-corrected chi connectivity index (χ0v) is 5.39. The molecular formula is C6H9NO2. The molecule has 0 atom stereocenters. The maximum Gasteiger partial charge on any atom is 0.219 e. The van der Waals surface area contributed by atoms with E-state index >= 15 is 0 Å². The molecule has 50 valence electrons. The number of carbonyl (C=O) groups excluding carboxylic acids is 1. The van der Waals surface area contributed by atoms with Crippen LogP contribution in [0.5, 0.6) is 0 Å². The molecular weight excluding hydrogens is 118 g/mol. The van der Waals surface area contributed by atoms with Crippen LogP contribution in [0.25, 0.3) is 0 Å². The number of epoxide rings is 1. The predicted octanol–water partition coefficient (Wildman–Crippen LogP) is -0.383. The van der Waals surface area contributed by atoms with Crippen molar-refractivity contribution in [2.75, 3.05) is 19.7 Å². The van der Waals surface area contributed by atoms with E-state index in [0.717, 1.165) is 19.7 Å². The van der Waals surface area contributed by atoms with Crippen molar-refractivity contribution in [3.63, 3.8) is 0 Å². The van der Waals surface area contributed by atoms with E-state index in [4.69, 9.17) is 4.74 Å². The number of likely N-dealkylation sites (tertiary alicyclic amines) is 1. The summed E-state index contributed by atoms with van der Waals surface area (Å²) in [5, 5.41) is 0. The SMILES string of the molecule is CC(=O)N1CC2(CO2)C1. The number of ether oxygens (including phenoxy) is 1. The van der Waals surface area contributed by atoms with E-state index in [0.29, 0.717) is 0 Å². The third kappa shape index (κ3) is 0.645. The normalized spacial score (nSPS) is 27.9. The molecule has 2 aliphatic rings. The predicted molar refractivity (Wildman–Crippen MR) is 30.9 cm³/mol. The lowest BCUT2D eigenvalue weighted by Crippen LogP contribution is -2.55. The molecule has 0 bridgehead atoms. The molecule has 0 aromatic carbocycles. The van der Waals surface area contributed by atoms with Crippen LogP contribution in [0.2, 0.25) is 0 Å². The van der Waals surface area contributed by atoms with Crippen molar-refractivity contribution in [3.05, 3.63) is 0 Å². The number of carbonyl (C=O) groups is 1. The summed E-state index contributed by atoms with van der Waals surface area (Å²) < 4.78 is 5.12. The standard InChI is InChI=1S/C6H9NO2/c1-5(8)7-2-6(3-7)4-9-6/h2-4H2,1H3. The molecule has 2 aliphatic heterocycles. The summed E-state index contributed by atoms with van der Waals surface area (Å²) in [6.45, 7) is 4.09. The first-order chi connectivity index (χ1) is 4.22. The Labute approximate surface area is 53.6 Å². The number of hydrogen-bond acceptors (Lipinski definition) is 2. The second kappa shape index (κ2) is 1.29. The topological polar surface area (TPSA) is 32.8 Å². The monoisotopic (exact) mass is 127 g/mol. The fourth-order valence-corrected chi connectivity index (χ4v) is 1.16. The maximum atomic E-state index is 10.6. The first-order valence-electron chi connectivity index (χ1n) is 3.11. The molecule has 0 aromatic rings. The Kier molecular flexibility index (Phi) is 0.750. The lowest BCUT2D eigenvalue weighted by Gasteiger charge is -2.36. The van der Waals surface area contributed by atoms with E-state index in [1.807, 2.05) is 0 Å². The Morgan fingerprint density at radius 2 is 2.22 bits per heavy atom. The first-order valence-corrected chi connectivity index (χ1v) is 3.11. The van der Waals surface area contributed by atoms with Gasteiger partial charge in [0.05, 0.1) is 19.7 Å². The van der Waals surface area contributed by atoms with Gasteiger partial charge >= 0.3 is 0 Å². The fourth-order valence-electron chi connectivity index (χ4n) is 1.16. The van der Waals surface area contributed by atoms with Gasteiger partial charge in [0.25, 0.3) is 0 Å². The molecule has 1 spiro atoms. The van der Waals surface area contributed by atoms with Crippen LogP contribution in [-0.2, 0) is 9.53 Å². The van der Waals surface area contributed by atoms with Crippen LogP contribution in [0, 0.1) is 0 Å². The highest BCUT2D eigenvalue weighted by molar-refractivity contribution is 5.74. The van der Waals surface area contributed by atoms with Crippen molar-refractivity contribution in [1.29, 1.82) is 0 Å². The van der Waals surface area contributed by atoms with Crippen LogP contribution in [0.3, 0.4) is 0 Å². The minimum Gasteiger partial charge on any atom is -0.366 e. The number of nitrogens with zero attached hydrogens (tertiary/aromatic N) is 1. The Morgan fingerprint density at radius 1 is 1.67 bits per heavy atom. The summed E-state index contributed by atoms with van der Waals surface area (Å²) >= 11 is 0. The van der Waals surface area contributed by atoms with Crippen LogP contribution < -0.4 is 0 Å². The van der Waals surface area contributed by atoms with E-state index in [9.17, 15) is 4.79 Å². The summed E-state index contributed by atoms with van der Waals surface area (Å²) in [6, 6.07) is 0. The summed E-state index contributed by atoms with van der Waals surface area (Å²) in [6.07, 6.45) is 0. The average molecular weight is 127 g/mol. The van der Waals surface area contributed by atoms with E-state index < -0.39 is 0 Å². The Bertz CT molecular complexity index is 154. The van der Waals surface area contributed by atoms with Crippen molar-refractivity contribution in [2.24, 2.45) is 0 Å². The van der Waals surface area contributed by atoms with Gasteiger partial charge in [-0.25, -0.2) is 0 Å². The highest BCUT2D eigenvalue weighted by Crippen LogP contribution is 2.36. The fraction of sp³-hybridized carbons (Fsp3) is 0.833. The lowest BCUT2D eigenvalue weighted by molar-refractivity contribution is -0.136. The van der Waals surface area contributed by atoms with Gasteiger partial charge in [-0.3, -0.25) is 4.79 Å². The molecule has 3 heteroatoms. The van der Waals surface area contributed by atoms with Gasteiger partial charge in [-0.2, -0.15) is 0 Å². The molecule has 2 rings (SSSR count). The van der Waals surface area contributed by atoms with Crippen molar-refractivity contribution in [1.82, 2.24) is 4.90 Å². The third-order valence-electron chi connectivity index (χ3n) is 1.96. The molecule has 0 aliphatic carbocycles. The summed E-state index contributed by atoms with van der Waals surface area (Å²) in [5.74, 6) is 0.163. The van der Waals surface area contributed by atoms with Gasteiger partial charge in [0.15, 0.2) is 0 Å². The largest absolute Gasteiger partial charge is 0.366 e.